The third-order valence-corrected chi connectivity index (χ3v) is 11.6. The van der Waals surface area contributed by atoms with Gasteiger partial charge in [0, 0.05) is 138 Å². The topological polar surface area (TPSA) is 51.4 Å². The van der Waals surface area contributed by atoms with E-state index in [0.717, 1.165) is 26.2 Å². The Labute approximate surface area is 420 Å². The van der Waals surface area contributed by atoms with Gasteiger partial charge in [-0.1, -0.05) is 95.9 Å². The van der Waals surface area contributed by atoms with Crippen molar-refractivity contribution >= 4 is 112 Å². The molecular formula is C44H43I2N5S3Y2-4. The van der Waals surface area contributed by atoms with Crippen molar-refractivity contribution in [1.82, 2.24) is 5.32 Å². The summed E-state index contributed by atoms with van der Waals surface area (Å²) in [5.74, 6) is 0. The Balaban J connectivity index is 0.000000207. The van der Waals surface area contributed by atoms with Gasteiger partial charge in [0.25, 0.3) is 0 Å². The van der Waals surface area contributed by atoms with Crippen LogP contribution in [0.25, 0.3) is 0 Å². The second kappa shape index (κ2) is 27.1. The number of benzene rings is 6. The molecule has 6 aromatic carbocycles. The van der Waals surface area contributed by atoms with Crippen molar-refractivity contribution in [3.05, 3.63) is 167 Å². The van der Waals surface area contributed by atoms with E-state index in [4.69, 9.17) is 0 Å². The summed E-state index contributed by atoms with van der Waals surface area (Å²) in [5.41, 5.74) is 8.34. The van der Waals surface area contributed by atoms with E-state index >= 15 is 0 Å². The van der Waals surface area contributed by atoms with Gasteiger partial charge in [0.15, 0.2) is 0 Å². The van der Waals surface area contributed by atoms with Gasteiger partial charge in [-0.2, -0.15) is 0 Å². The van der Waals surface area contributed by atoms with E-state index in [9.17, 15) is 0 Å². The molecule has 0 amide bonds. The summed E-state index contributed by atoms with van der Waals surface area (Å²) in [6.07, 6.45) is 0. The molecule has 0 aromatic heterocycles. The van der Waals surface area contributed by atoms with Gasteiger partial charge >= 0.3 is 0 Å². The Hall–Kier alpha value is -0.802. The van der Waals surface area contributed by atoms with Crippen molar-refractivity contribution in [3.8, 4) is 0 Å². The van der Waals surface area contributed by atoms with Crippen molar-refractivity contribution < 1.29 is 65.4 Å². The summed E-state index contributed by atoms with van der Waals surface area (Å²) in [5, 5.41) is 13.2. The Morgan fingerprint density at radius 2 is 0.714 bits per heavy atom. The minimum Gasteiger partial charge on any atom is -0.432 e. The molecule has 0 bridgehead atoms. The molecule has 56 heavy (non-hydrogen) atoms. The van der Waals surface area contributed by atoms with E-state index in [2.05, 4.69) is 231 Å². The van der Waals surface area contributed by atoms with Crippen LogP contribution in [0.5, 0.6) is 0 Å². The largest absolute Gasteiger partial charge is 0.432 e. The van der Waals surface area contributed by atoms with Gasteiger partial charge in [0.2, 0.25) is 0 Å². The summed E-state index contributed by atoms with van der Waals surface area (Å²) in [4.78, 5) is 9.86. The minimum absolute atomic E-state index is 0. The van der Waals surface area contributed by atoms with Crippen LogP contribution < -0.4 is 26.2 Å². The van der Waals surface area contributed by atoms with E-state index < -0.39 is 0 Å². The molecule has 3 aliphatic rings. The first kappa shape index (κ1) is 49.6. The van der Waals surface area contributed by atoms with Crippen LogP contribution in [0, 0.1) is 27.7 Å². The number of fused-ring (bicyclic) bond motifs is 6. The first-order valence-corrected chi connectivity index (χ1v) is 26.0. The zero-order valence-corrected chi connectivity index (χ0v) is 43.5. The van der Waals surface area contributed by atoms with Crippen molar-refractivity contribution in [2.45, 2.75) is 29.4 Å². The number of halogens is 2. The van der Waals surface area contributed by atoms with Gasteiger partial charge in [0.1, 0.15) is 0 Å². The van der Waals surface area contributed by atoms with Gasteiger partial charge in [-0.05, 0) is 78.9 Å². The fraction of sp³-hybridized carbons (Fsp3) is 0.0909. The predicted octanol–water partition coefficient (Wildman–Crippen LogP) is 14.2. The van der Waals surface area contributed by atoms with Crippen LogP contribution in [0.4, 0.5) is 39.8 Å². The quantitative estimate of drug-likeness (QED) is 0.100. The van der Waals surface area contributed by atoms with Crippen LogP contribution in [-0.4, -0.2) is 26.2 Å². The number of rotatable bonds is 5. The molecule has 286 valence electrons. The number of hydrogen-bond donors (Lipinski definition) is 4. The molecule has 12 heteroatoms. The van der Waals surface area contributed by atoms with Crippen LogP contribution >= 0.6 is 72.5 Å². The van der Waals surface area contributed by atoms with Crippen LogP contribution in [0.3, 0.4) is 0 Å². The Bertz CT molecular complexity index is 1820. The molecular weight excluding hydrogens is 1130 g/mol. The van der Waals surface area contributed by atoms with Gasteiger partial charge in [0.05, 0.1) is 34.1 Å². The maximum Gasteiger partial charge on any atom is 0.0527 e. The maximum atomic E-state index is 3.94. The maximum absolute atomic E-state index is 3.94. The Morgan fingerprint density at radius 3 is 1.00 bits per heavy atom. The van der Waals surface area contributed by atoms with Crippen molar-refractivity contribution in [3.63, 3.8) is 0 Å². The monoisotopic (exact) mass is 1170 g/mol. The fourth-order valence-electron chi connectivity index (χ4n) is 5.48. The average Bonchev–Trinajstić information content (AvgIpc) is 3.23. The summed E-state index contributed by atoms with van der Waals surface area (Å²) in [7, 11) is 0. The molecule has 0 atom stereocenters. The second-order valence-corrected chi connectivity index (χ2v) is 14.8. The second-order valence-electron chi connectivity index (χ2n) is 11.6. The molecule has 0 spiro atoms. The van der Waals surface area contributed by atoms with E-state index in [1.807, 2.05) is 23.5 Å². The predicted molar refractivity (Wildman–Crippen MR) is 255 cm³/mol. The smallest absolute Gasteiger partial charge is 0.0527 e. The average molecular weight is 1170 g/mol. The van der Waals surface area contributed by atoms with Crippen molar-refractivity contribution in [2.24, 2.45) is 0 Å². The van der Waals surface area contributed by atoms with Gasteiger partial charge < -0.3 is 53.9 Å². The number of nitrogens with zero attached hydrogens (tertiary/aromatic N) is 1. The van der Waals surface area contributed by atoms with E-state index in [1.165, 1.54) is 69.2 Å². The molecule has 3 aliphatic heterocycles. The molecule has 4 N–H and O–H groups in total. The molecule has 9 rings (SSSR count). The number of para-hydroxylation sites is 5. The Morgan fingerprint density at radius 1 is 0.429 bits per heavy atom. The van der Waals surface area contributed by atoms with E-state index in [0.29, 0.717) is 0 Å². The van der Waals surface area contributed by atoms with Crippen LogP contribution in [0.1, 0.15) is 0 Å². The molecule has 2 radical (unpaired) electrons. The fourth-order valence-corrected chi connectivity index (χ4v) is 8.47. The number of hydrogen-bond acceptors (Lipinski definition) is 8. The van der Waals surface area contributed by atoms with Crippen LogP contribution in [-0.2, 0) is 65.4 Å². The van der Waals surface area contributed by atoms with Gasteiger partial charge in [-0.25, -0.2) is 0 Å². The molecule has 0 unspecified atom stereocenters. The van der Waals surface area contributed by atoms with E-state index in [-0.39, 0.29) is 65.4 Å². The van der Waals surface area contributed by atoms with Gasteiger partial charge in [-0.3, -0.25) is 0 Å². The first-order valence-electron chi connectivity index (χ1n) is 17.3. The summed E-state index contributed by atoms with van der Waals surface area (Å²) >= 11 is 9.69. The molecule has 0 saturated heterocycles. The molecule has 3 heterocycles. The molecule has 0 fully saturated rings. The molecule has 5 nitrogen and oxygen atoms in total. The Kier molecular flexibility index (Phi) is 24.0. The third kappa shape index (κ3) is 14.2. The zero-order chi connectivity index (χ0) is 38.1. The SMILES string of the molecule is II.[CH2-]CN(C[CH2-])c1ccc2c(c1)Sc1ccccc1N2.[CH2-]CNC[CH2-].[Y].[Y].c1ccc2c(c1)Nc1ccccc1S2.c1ccc2c(c1)Nc1ccccc1S2. The minimum atomic E-state index is 0. The summed E-state index contributed by atoms with van der Waals surface area (Å²) in [6, 6.07) is 48.3. The summed E-state index contributed by atoms with van der Waals surface area (Å²) < 4.78 is 0. The number of nitrogens with one attached hydrogen (secondary N) is 4. The van der Waals surface area contributed by atoms with E-state index in [1.54, 1.807) is 11.8 Å². The van der Waals surface area contributed by atoms with Crippen molar-refractivity contribution in [1.29, 1.82) is 0 Å². The first-order chi connectivity index (χ1) is 26.6. The summed E-state index contributed by atoms with van der Waals surface area (Å²) in [6.45, 7) is 18.0. The van der Waals surface area contributed by atoms with Gasteiger partial charge in [-0.15, -0.1) is 26.2 Å². The zero-order valence-electron chi connectivity index (χ0n) is 31.0. The molecule has 6 aromatic rings. The van der Waals surface area contributed by atoms with Crippen LogP contribution in [0.2, 0.25) is 0 Å². The molecule has 0 aliphatic carbocycles. The standard InChI is InChI=1S/C16H16N2S.2C12H9NS.C4H9N.I2.2Y/c1-3-18(4-2)12-9-10-14-16(11-12)19-15-8-6-5-7-13(15)17-14;2*1-3-7-11-9(5-1)13-10-6-2-4-8-12(10)14-11;1-3-5-4-2;1-2;;/h5-11,17H,1-4H2;2*1-8,13H;5H,1-4H2;;;/q-2;;;-2;;;. The van der Waals surface area contributed by atoms with Crippen LogP contribution in [0.15, 0.2) is 169 Å². The number of anilines is 7. The normalized spacial score (nSPS) is 11.3. The third-order valence-electron chi connectivity index (χ3n) is 8.13. The van der Waals surface area contributed by atoms with Crippen molar-refractivity contribution in [2.75, 3.05) is 47.0 Å². The molecule has 0 saturated carbocycles.